The first-order valence-electron chi connectivity index (χ1n) is 9.60. The van der Waals surface area contributed by atoms with Crippen LogP contribution in [0.15, 0.2) is 24.3 Å². The highest BCUT2D eigenvalue weighted by molar-refractivity contribution is 5.84. The maximum absolute atomic E-state index is 12.5. The predicted molar refractivity (Wildman–Crippen MR) is 105 cm³/mol. The second kappa shape index (κ2) is 9.72. The van der Waals surface area contributed by atoms with Crippen LogP contribution in [0.4, 0.5) is 0 Å². The topological polar surface area (TPSA) is 43.9 Å². The van der Waals surface area contributed by atoms with Gasteiger partial charge in [-0.05, 0) is 58.3 Å². The molecule has 144 valence electrons. The Morgan fingerprint density at radius 3 is 2.31 bits per heavy atom. The van der Waals surface area contributed by atoms with Crippen LogP contribution in [0.25, 0.3) is 0 Å². The van der Waals surface area contributed by atoms with Crippen LogP contribution in [0, 0.1) is 6.92 Å². The normalized spacial score (nSPS) is 15.7. The lowest BCUT2D eigenvalue weighted by Crippen LogP contribution is -2.47. The lowest BCUT2D eigenvalue weighted by Gasteiger charge is -2.35. The highest BCUT2D eigenvalue weighted by Crippen LogP contribution is 2.14. The van der Waals surface area contributed by atoms with Gasteiger partial charge in [0.15, 0.2) is 0 Å². The number of piperidine rings is 1. The van der Waals surface area contributed by atoms with E-state index in [0.717, 1.165) is 38.8 Å². The number of aryl methyl sites for hydroxylation is 2. The van der Waals surface area contributed by atoms with E-state index >= 15 is 0 Å². The number of likely N-dealkylation sites (N-methyl/N-ethyl adjacent to an activating group) is 2. The molecule has 5 nitrogen and oxygen atoms in total. The average Bonchev–Trinajstić information content (AvgIpc) is 2.63. The fourth-order valence-corrected chi connectivity index (χ4v) is 3.38. The second-order valence-electron chi connectivity index (χ2n) is 7.63. The van der Waals surface area contributed by atoms with E-state index in [1.165, 1.54) is 11.1 Å². The molecule has 26 heavy (non-hydrogen) atoms. The number of hydrogen-bond donors (Lipinski definition) is 0. The number of carbonyl (C=O) groups is 2. The number of likely N-dealkylation sites (tertiary alicyclic amines) is 1. The SMILES string of the molecule is Cc1ccc(CCCC(=O)N(C)CC(=O)N(C)C2CCN(C)CC2)cc1. The monoisotopic (exact) mass is 359 g/mol. The minimum absolute atomic E-state index is 0.0361. The van der Waals surface area contributed by atoms with Gasteiger partial charge in [-0.1, -0.05) is 29.8 Å². The minimum atomic E-state index is 0.0361. The third kappa shape index (κ3) is 6.13. The van der Waals surface area contributed by atoms with Crippen molar-refractivity contribution in [1.82, 2.24) is 14.7 Å². The van der Waals surface area contributed by atoms with Gasteiger partial charge in [-0.3, -0.25) is 9.59 Å². The molecule has 0 radical (unpaired) electrons. The van der Waals surface area contributed by atoms with Gasteiger partial charge in [-0.15, -0.1) is 0 Å². The van der Waals surface area contributed by atoms with Crippen LogP contribution in [0.5, 0.6) is 0 Å². The summed E-state index contributed by atoms with van der Waals surface area (Å²) in [5.74, 6) is 0.0798. The summed E-state index contributed by atoms with van der Waals surface area (Å²) in [5.41, 5.74) is 2.50. The molecule has 5 heteroatoms. The van der Waals surface area contributed by atoms with Gasteiger partial charge < -0.3 is 14.7 Å². The van der Waals surface area contributed by atoms with Gasteiger partial charge >= 0.3 is 0 Å². The number of rotatable bonds is 7. The first-order chi connectivity index (χ1) is 12.4. The van der Waals surface area contributed by atoms with Gasteiger partial charge in [0, 0.05) is 26.6 Å². The summed E-state index contributed by atoms with van der Waals surface area (Å²) in [4.78, 5) is 30.5. The Morgan fingerprint density at radius 2 is 1.69 bits per heavy atom. The smallest absolute Gasteiger partial charge is 0.242 e. The molecule has 1 heterocycles. The van der Waals surface area contributed by atoms with E-state index in [1.807, 2.05) is 11.9 Å². The van der Waals surface area contributed by atoms with Gasteiger partial charge in [-0.25, -0.2) is 0 Å². The van der Waals surface area contributed by atoms with Gasteiger partial charge in [0.2, 0.25) is 11.8 Å². The number of nitrogens with zero attached hydrogens (tertiary/aromatic N) is 3. The predicted octanol–water partition coefficient (Wildman–Crippen LogP) is 2.33. The van der Waals surface area contributed by atoms with Crippen molar-refractivity contribution in [3.63, 3.8) is 0 Å². The van der Waals surface area contributed by atoms with Crippen molar-refractivity contribution < 1.29 is 9.59 Å². The van der Waals surface area contributed by atoms with E-state index in [-0.39, 0.29) is 18.4 Å². The summed E-state index contributed by atoms with van der Waals surface area (Å²) in [6.07, 6.45) is 4.20. The van der Waals surface area contributed by atoms with Crippen LogP contribution in [0.2, 0.25) is 0 Å². The summed E-state index contributed by atoms with van der Waals surface area (Å²) in [6.45, 7) is 4.29. The highest BCUT2D eigenvalue weighted by Gasteiger charge is 2.25. The van der Waals surface area contributed by atoms with E-state index in [9.17, 15) is 9.59 Å². The van der Waals surface area contributed by atoms with Crippen LogP contribution < -0.4 is 0 Å². The molecule has 0 aromatic heterocycles. The Hall–Kier alpha value is -1.88. The zero-order chi connectivity index (χ0) is 19.1. The summed E-state index contributed by atoms with van der Waals surface area (Å²) in [7, 11) is 5.71. The van der Waals surface area contributed by atoms with E-state index in [1.54, 1.807) is 11.9 Å². The molecule has 0 unspecified atom stereocenters. The first-order valence-corrected chi connectivity index (χ1v) is 9.60. The second-order valence-corrected chi connectivity index (χ2v) is 7.63. The fourth-order valence-electron chi connectivity index (χ4n) is 3.38. The molecule has 0 spiro atoms. The number of carbonyl (C=O) groups excluding carboxylic acids is 2. The quantitative estimate of drug-likeness (QED) is 0.750. The van der Waals surface area contributed by atoms with E-state index in [0.29, 0.717) is 12.5 Å². The first kappa shape index (κ1) is 20.4. The molecule has 2 rings (SSSR count). The maximum atomic E-state index is 12.5. The average molecular weight is 360 g/mol. The minimum Gasteiger partial charge on any atom is -0.341 e. The number of amides is 2. The third-order valence-corrected chi connectivity index (χ3v) is 5.40. The van der Waals surface area contributed by atoms with Gasteiger partial charge in [-0.2, -0.15) is 0 Å². The molecule has 1 saturated heterocycles. The summed E-state index contributed by atoms with van der Waals surface area (Å²) in [6, 6.07) is 8.72. The molecule has 0 aliphatic carbocycles. The third-order valence-electron chi connectivity index (χ3n) is 5.40. The fraction of sp³-hybridized carbons (Fsp3) is 0.619. The zero-order valence-electron chi connectivity index (χ0n) is 16.7. The molecule has 1 aromatic carbocycles. The lowest BCUT2D eigenvalue weighted by atomic mass is 10.0. The number of hydrogen-bond acceptors (Lipinski definition) is 3. The largest absolute Gasteiger partial charge is 0.341 e. The van der Waals surface area contributed by atoms with Crippen LogP contribution in [0.1, 0.15) is 36.8 Å². The molecular weight excluding hydrogens is 326 g/mol. The van der Waals surface area contributed by atoms with Crippen molar-refractivity contribution >= 4 is 11.8 Å². The van der Waals surface area contributed by atoms with Crippen molar-refractivity contribution in [2.45, 2.75) is 45.1 Å². The number of benzene rings is 1. The van der Waals surface area contributed by atoms with Crippen molar-refractivity contribution in [3.8, 4) is 0 Å². The van der Waals surface area contributed by atoms with E-state index in [2.05, 4.69) is 43.1 Å². The summed E-state index contributed by atoms with van der Waals surface area (Å²) >= 11 is 0. The standard InChI is InChI=1S/C21H33N3O2/c1-17-8-10-18(11-9-17)6-5-7-20(25)23(3)16-21(26)24(4)19-12-14-22(2)15-13-19/h8-11,19H,5-7,12-16H2,1-4H3. The molecule has 0 bridgehead atoms. The van der Waals surface area contributed by atoms with Crippen LogP contribution in [-0.4, -0.2) is 73.3 Å². The molecule has 0 atom stereocenters. The Labute approximate surface area is 158 Å². The van der Waals surface area contributed by atoms with Crippen LogP contribution in [-0.2, 0) is 16.0 Å². The molecule has 2 amide bonds. The lowest BCUT2D eigenvalue weighted by molar-refractivity contribution is -0.140. The Morgan fingerprint density at radius 1 is 1.08 bits per heavy atom. The van der Waals surface area contributed by atoms with Crippen molar-refractivity contribution in [3.05, 3.63) is 35.4 Å². The Bertz CT molecular complexity index is 592. The molecule has 1 aromatic rings. The van der Waals surface area contributed by atoms with E-state index in [4.69, 9.17) is 0 Å². The molecule has 0 saturated carbocycles. The van der Waals surface area contributed by atoms with Gasteiger partial charge in [0.05, 0.1) is 6.54 Å². The highest BCUT2D eigenvalue weighted by atomic mass is 16.2. The molecular formula is C21H33N3O2. The van der Waals surface area contributed by atoms with Crippen LogP contribution >= 0.6 is 0 Å². The summed E-state index contributed by atoms with van der Waals surface area (Å²) in [5, 5.41) is 0. The molecule has 1 aliphatic heterocycles. The maximum Gasteiger partial charge on any atom is 0.242 e. The van der Waals surface area contributed by atoms with E-state index < -0.39 is 0 Å². The zero-order valence-corrected chi connectivity index (χ0v) is 16.7. The molecule has 1 fully saturated rings. The van der Waals surface area contributed by atoms with Gasteiger partial charge in [0.1, 0.15) is 0 Å². The molecule has 1 aliphatic rings. The van der Waals surface area contributed by atoms with Gasteiger partial charge in [0.25, 0.3) is 0 Å². The van der Waals surface area contributed by atoms with Crippen molar-refractivity contribution in [2.75, 3.05) is 40.8 Å². The molecule has 0 N–H and O–H groups in total. The Balaban J connectivity index is 1.71. The van der Waals surface area contributed by atoms with Crippen molar-refractivity contribution in [2.24, 2.45) is 0 Å². The van der Waals surface area contributed by atoms with Crippen molar-refractivity contribution in [1.29, 1.82) is 0 Å². The summed E-state index contributed by atoms with van der Waals surface area (Å²) < 4.78 is 0. The van der Waals surface area contributed by atoms with Crippen LogP contribution in [0.3, 0.4) is 0 Å². The Kier molecular flexibility index (Phi) is 7.64.